The molecule has 2 rings (SSSR count). The Morgan fingerprint density at radius 3 is 2.33 bits per heavy atom. The van der Waals surface area contributed by atoms with Gasteiger partial charge in [-0.1, -0.05) is 24.3 Å². The summed E-state index contributed by atoms with van der Waals surface area (Å²) >= 11 is 0. The second kappa shape index (κ2) is 6.00. The van der Waals surface area contributed by atoms with Crippen LogP contribution < -0.4 is 5.73 Å². The summed E-state index contributed by atoms with van der Waals surface area (Å²) in [4.78, 5) is 12.2. The van der Waals surface area contributed by atoms with Crippen LogP contribution in [0, 0.1) is 27.7 Å². The molecule has 0 saturated heterocycles. The van der Waals surface area contributed by atoms with Crippen LogP contribution in [0.15, 0.2) is 30.3 Å². The molecule has 0 aliphatic heterocycles. The van der Waals surface area contributed by atoms with Crippen molar-refractivity contribution >= 4 is 11.7 Å². The minimum atomic E-state index is -0.336. The molecule has 0 fully saturated rings. The average molecular weight is 283 g/mol. The summed E-state index contributed by atoms with van der Waals surface area (Å²) in [5, 5.41) is 0. The van der Waals surface area contributed by atoms with Gasteiger partial charge in [-0.15, -0.1) is 0 Å². The van der Waals surface area contributed by atoms with Crippen molar-refractivity contribution in [2.24, 2.45) is 0 Å². The third kappa shape index (κ3) is 3.43. The normalized spacial score (nSPS) is 10.5. The number of carbonyl (C=O) groups is 1. The van der Waals surface area contributed by atoms with Gasteiger partial charge in [0.05, 0.1) is 5.56 Å². The van der Waals surface area contributed by atoms with E-state index in [1.165, 1.54) is 11.1 Å². The van der Waals surface area contributed by atoms with Crippen LogP contribution in [-0.4, -0.2) is 5.97 Å². The number of anilines is 1. The lowest BCUT2D eigenvalue weighted by molar-refractivity contribution is 0.0472. The van der Waals surface area contributed by atoms with E-state index in [0.29, 0.717) is 11.3 Å². The Balaban J connectivity index is 2.11. The molecule has 0 aromatic heterocycles. The number of aryl methyl sites for hydroxylation is 4. The highest BCUT2D eigenvalue weighted by atomic mass is 16.5. The van der Waals surface area contributed by atoms with Crippen molar-refractivity contribution in [3.63, 3.8) is 0 Å². The molecule has 3 nitrogen and oxygen atoms in total. The molecule has 2 aromatic carbocycles. The summed E-state index contributed by atoms with van der Waals surface area (Å²) < 4.78 is 5.39. The van der Waals surface area contributed by atoms with Crippen molar-refractivity contribution in [1.82, 2.24) is 0 Å². The third-order valence-electron chi connectivity index (χ3n) is 3.77. The Labute approximate surface area is 125 Å². The van der Waals surface area contributed by atoms with E-state index in [9.17, 15) is 4.79 Å². The lowest BCUT2D eigenvalue weighted by Crippen LogP contribution is -2.08. The summed E-state index contributed by atoms with van der Waals surface area (Å²) in [6.45, 7) is 8.19. The molecule has 2 aromatic rings. The maximum Gasteiger partial charge on any atom is 0.338 e. The lowest BCUT2D eigenvalue weighted by Gasteiger charge is -2.10. The van der Waals surface area contributed by atoms with Crippen LogP contribution in [0.25, 0.3) is 0 Å². The van der Waals surface area contributed by atoms with Crippen molar-refractivity contribution in [3.05, 3.63) is 63.7 Å². The predicted molar refractivity (Wildman–Crippen MR) is 85.4 cm³/mol. The zero-order valence-corrected chi connectivity index (χ0v) is 13.0. The van der Waals surface area contributed by atoms with E-state index in [-0.39, 0.29) is 12.6 Å². The Kier molecular flexibility index (Phi) is 4.32. The van der Waals surface area contributed by atoms with Crippen molar-refractivity contribution in [3.8, 4) is 0 Å². The second-order valence-electron chi connectivity index (χ2n) is 5.52. The number of nitrogens with two attached hydrogens (primary N) is 1. The van der Waals surface area contributed by atoms with Crippen LogP contribution in [0.1, 0.15) is 38.2 Å². The number of hydrogen-bond donors (Lipinski definition) is 1. The predicted octanol–water partition coefficient (Wildman–Crippen LogP) is 3.86. The molecule has 110 valence electrons. The fourth-order valence-electron chi connectivity index (χ4n) is 2.21. The Morgan fingerprint density at radius 2 is 1.67 bits per heavy atom. The number of benzene rings is 2. The number of ether oxygens (including phenoxy) is 1. The van der Waals surface area contributed by atoms with Gasteiger partial charge in [-0.25, -0.2) is 4.79 Å². The first-order chi connectivity index (χ1) is 9.88. The zero-order chi connectivity index (χ0) is 15.6. The number of nitrogen functional groups attached to an aromatic ring is 1. The fraction of sp³-hybridized carbons (Fsp3) is 0.278. The molecule has 0 spiro atoms. The second-order valence-corrected chi connectivity index (χ2v) is 5.52. The third-order valence-corrected chi connectivity index (χ3v) is 3.77. The molecule has 0 unspecified atom stereocenters. The Morgan fingerprint density at radius 1 is 0.952 bits per heavy atom. The van der Waals surface area contributed by atoms with Crippen molar-refractivity contribution in [1.29, 1.82) is 0 Å². The van der Waals surface area contributed by atoms with E-state index in [0.717, 1.165) is 16.7 Å². The number of hydrogen-bond acceptors (Lipinski definition) is 3. The smallest absolute Gasteiger partial charge is 0.338 e. The molecule has 0 bridgehead atoms. The summed E-state index contributed by atoms with van der Waals surface area (Å²) in [5.41, 5.74) is 12.3. The van der Waals surface area contributed by atoms with Crippen molar-refractivity contribution < 1.29 is 9.53 Å². The first-order valence-corrected chi connectivity index (χ1v) is 6.98. The van der Waals surface area contributed by atoms with E-state index >= 15 is 0 Å². The summed E-state index contributed by atoms with van der Waals surface area (Å²) in [7, 11) is 0. The van der Waals surface area contributed by atoms with Gasteiger partial charge in [-0.3, -0.25) is 0 Å². The topological polar surface area (TPSA) is 52.3 Å². The van der Waals surface area contributed by atoms with Gasteiger partial charge in [0.25, 0.3) is 0 Å². The minimum absolute atomic E-state index is 0.271. The van der Waals surface area contributed by atoms with Gasteiger partial charge >= 0.3 is 5.97 Å². The molecule has 0 aliphatic carbocycles. The maximum absolute atomic E-state index is 12.2. The highest BCUT2D eigenvalue weighted by molar-refractivity contribution is 5.92. The highest BCUT2D eigenvalue weighted by Gasteiger charge is 2.12. The first kappa shape index (κ1) is 15.1. The standard InChI is InChI=1S/C18H21NO2/c1-11-5-6-15(8-12(11)2)10-21-18(20)16-9-17(19)14(4)7-13(16)3/h5-9H,10,19H2,1-4H3. The van der Waals surface area contributed by atoms with E-state index in [2.05, 4.69) is 6.92 Å². The Hall–Kier alpha value is -2.29. The summed E-state index contributed by atoms with van der Waals surface area (Å²) in [6, 6.07) is 9.65. The van der Waals surface area contributed by atoms with Crippen LogP contribution in [0.2, 0.25) is 0 Å². The van der Waals surface area contributed by atoms with Gasteiger partial charge in [-0.05, 0) is 61.6 Å². The SMILES string of the molecule is Cc1ccc(COC(=O)c2cc(N)c(C)cc2C)cc1C. The van der Waals surface area contributed by atoms with Crippen molar-refractivity contribution in [2.75, 3.05) is 5.73 Å². The van der Waals surface area contributed by atoms with Crippen LogP contribution in [0.3, 0.4) is 0 Å². The Bertz CT molecular complexity index is 690. The zero-order valence-electron chi connectivity index (χ0n) is 13.0. The largest absolute Gasteiger partial charge is 0.457 e. The highest BCUT2D eigenvalue weighted by Crippen LogP contribution is 2.19. The molecular formula is C18H21NO2. The van der Waals surface area contributed by atoms with E-state index in [4.69, 9.17) is 10.5 Å². The van der Waals surface area contributed by atoms with Crippen LogP contribution >= 0.6 is 0 Å². The minimum Gasteiger partial charge on any atom is -0.457 e. The van der Waals surface area contributed by atoms with Gasteiger partial charge in [-0.2, -0.15) is 0 Å². The fourth-order valence-corrected chi connectivity index (χ4v) is 2.21. The number of esters is 1. The van der Waals surface area contributed by atoms with Crippen molar-refractivity contribution in [2.45, 2.75) is 34.3 Å². The molecule has 2 N–H and O–H groups in total. The quantitative estimate of drug-likeness (QED) is 0.687. The molecule has 0 radical (unpaired) electrons. The summed E-state index contributed by atoms with van der Waals surface area (Å²) in [6.07, 6.45) is 0. The van der Waals surface area contributed by atoms with Crippen LogP contribution in [-0.2, 0) is 11.3 Å². The monoisotopic (exact) mass is 283 g/mol. The summed E-state index contributed by atoms with van der Waals surface area (Å²) in [5.74, 6) is -0.336. The number of carbonyl (C=O) groups excluding carboxylic acids is 1. The molecule has 0 saturated carbocycles. The lowest BCUT2D eigenvalue weighted by atomic mass is 10.0. The van der Waals surface area contributed by atoms with Crippen LogP contribution in [0.4, 0.5) is 5.69 Å². The molecule has 0 amide bonds. The molecule has 21 heavy (non-hydrogen) atoms. The van der Waals surface area contributed by atoms with Gasteiger partial charge in [0.1, 0.15) is 6.61 Å². The first-order valence-electron chi connectivity index (χ1n) is 6.98. The van der Waals surface area contributed by atoms with E-state index in [1.807, 2.05) is 45.0 Å². The van der Waals surface area contributed by atoms with Gasteiger partial charge < -0.3 is 10.5 Å². The molecule has 0 aliphatic rings. The van der Waals surface area contributed by atoms with Gasteiger partial charge in [0, 0.05) is 5.69 Å². The van der Waals surface area contributed by atoms with Crippen LogP contribution in [0.5, 0.6) is 0 Å². The molecular weight excluding hydrogens is 262 g/mol. The van der Waals surface area contributed by atoms with Gasteiger partial charge in [0.15, 0.2) is 0 Å². The average Bonchev–Trinajstić information content (AvgIpc) is 2.44. The maximum atomic E-state index is 12.2. The van der Waals surface area contributed by atoms with Gasteiger partial charge in [0.2, 0.25) is 0 Å². The van der Waals surface area contributed by atoms with E-state index < -0.39 is 0 Å². The number of rotatable bonds is 3. The molecule has 3 heteroatoms. The molecule has 0 heterocycles. The van der Waals surface area contributed by atoms with E-state index in [1.54, 1.807) is 6.07 Å². The molecule has 0 atom stereocenters.